The number of nitrogens with zero attached hydrogens (tertiary/aromatic N) is 1. The van der Waals surface area contributed by atoms with Crippen LogP contribution in [0, 0.1) is 0 Å². The lowest BCUT2D eigenvalue weighted by Gasteiger charge is -2.00. The van der Waals surface area contributed by atoms with E-state index in [1.165, 1.54) is 11.1 Å². The van der Waals surface area contributed by atoms with E-state index in [4.69, 9.17) is 0 Å². The third-order valence-corrected chi connectivity index (χ3v) is 3.59. The summed E-state index contributed by atoms with van der Waals surface area (Å²) in [6, 6.07) is 23.0. The molecule has 0 amide bonds. The van der Waals surface area contributed by atoms with Gasteiger partial charge >= 0.3 is 0 Å². The highest BCUT2D eigenvalue weighted by atomic mass is 79.9. The van der Waals surface area contributed by atoms with Crippen LogP contribution in [0.2, 0.25) is 0 Å². The van der Waals surface area contributed by atoms with E-state index in [0.717, 1.165) is 10.2 Å². The minimum absolute atomic E-state index is 1.10. The zero-order valence-corrected chi connectivity index (χ0v) is 11.9. The number of pyridine rings is 1. The molecule has 0 aliphatic heterocycles. The Labute approximate surface area is 121 Å². The SMILES string of the molecule is Brc1ccc(-[n+]2ccc(-c3ccccc3)cc2)cc1. The van der Waals surface area contributed by atoms with Gasteiger partial charge in [-0.05, 0) is 23.3 Å². The van der Waals surface area contributed by atoms with E-state index < -0.39 is 0 Å². The van der Waals surface area contributed by atoms with Gasteiger partial charge in [-0.3, -0.25) is 0 Å². The summed E-state index contributed by atoms with van der Waals surface area (Å²) in [6.45, 7) is 0. The molecule has 0 atom stereocenters. The van der Waals surface area contributed by atoms with E-state index in [9.17, 15) is 0 Å². The Morgan fingerprint density at radius 2 is 1.21 bits per heavy atom. The highest BCUT2D eigenvalue weighted by Gasteiger charge is 2.05. The second-order valence-electron chi connectivity index (χ2n) is 4.34. The Balaban J connectivity index is 1.93. The van der Waals surface area contributed by atoms with Crippen molar-refractivity contribution in [1.82, 2.24) is 0 Å². The van der Waals surface area contributed by atoms with Gasteiger partial charge in [0, 0.05) is 28.7 Å². The summed E-state index contributed by atoms with van der Waals surface area (Å²) in [5.74, 6) is 0. The highest BCUT2D eigenvalue weighted by Crippen LogP contribution is 2.17. The molecule has 0 aliphatic rings. The van der Waals surface area contributed by atoms with Crippen molar-refractivity contribution in [3.05, 3.63) is 83.6 Å². The number of hydrogen-bond acceptors (Lipinski definition) is 0. The molecule has 3 aromatic rings. The van der Waals surface area contributed by atoms with Crippen molar-refractivity contribution in [2.45, 2.75) is 0 Å². The number of benzene rings is 2. The molecule has 0 radical (unpaired) electrons. The molecule has 0 aliphatic carbocycles. The average Bonchev–Trinajstić information content (AvgIpc) is 2.49. The van der Waals surface area contributed by atoms with Gasteiger partial charge in [-0.25, -0.2) is 0 Å². The Morgan fingerprint density at radius 1 is 0.632 bits per heavy atom. The largest absolute Gasteiger partial charge is 0.210 e. The quantitative estimate of drug-likeness (QED) is 0.618. The van der Waals surface area contributed by atoms with Crippen LogP contribution in [0.3, 0.4) is 0 Å². The third kappa shape index (κ3) is 2.74. The minimum atomic E-state index is 1.10. The predicted octanol–water partition coefficient (Wildman–Crippen LogP) is 4.39. The van der Waals surface area contributed by atoms with Gasteiger partial charge in [0.2, 0.25) is 5.69 Å². The maximum atomic E-state index is 3.45. The van der Waals surface area contributed by atoms with Crippen molar-refractivity contribution >= 4 is 15.9 Å². The Bertz CT molecular complexity index is 658. The highest BCUT2D eigenvalue weighted by molar-refractivity contribution is 9.10. The number of aromatic nitrogens is 1. The summed E-state index contributed by atoms with van der Waals surface area (Å²) in [5.41, 5.74) is 3.63. The van der Waals surface area contributed by atoms with Crippen LogP contribution in [-0.2, 0) is 0 Å². The summed E-state index contributed by atoms with van der Waals surface area (Å²) in [4.78, 5) is 0. The van der Waals surface area contributed by atoms with Crippen LogP contribution in [0.5, 0.6) is 0 Å². The van der Waals surface area contributed by atoms with Crippen LogP contribution in [0.15, 0.2) is 83.6 Å². The van der Waals surface area contributed by atoms with Crippen molar-refractivity contribution in [2.24, 2.45) is 0 Å². The number of rotatable bonds is 2. The third-order valence-electron chi connectivity index (χ3n) is 3.06. The molecular weight excluding hydrogens is 298 g/mol. The lowest BCUT2D eigenvalue weighted by molar-refractivity contribution is -0.595. The molecular formula is C17H13BrN+. The van der Waals surface area contributed by atoms with Gasteiger partial charge in [0.05, 0.1) is 0 Å². The normalized spacial score (nSPS) is 10.4. The lowest BCUT2D eigenvalue weighted by Crippen LogP contribution is -2.28. The van der Waals surface area contributed by atoms with Crippen molar-refractivity contribution in [3.63, 3.8) is 0 Å². The molecule has 0 bridgehead atoms. The van der Waals surface area contributed by atoms with Crippen LogP contribution in [-0.4, -0.2) is 0 Å². The van der Waals surface area contributed by atoms with Crippen LogP contribution in [0.1, 0.15) is 0 Å². The molecule has 0 fully saturated rings. The van der Waals surface area contributed by atoms with E-state index in [0.29, 0.717) is 0 Å². The van der Waals surface area contributed by atoms with E-state index in [2.05, 4.69) is 81.4 Å². The van der Waals surface area contributed by atoms with E-state index >= 15 is 0 Å². The average molecular weight is 311 g/mol. The van der Waals surface area contributed by atoms with Crippen molar-refractivity contribution < 1.29 is 4.57 Å². The Kier molecular flexibility index (Phi) is 3.43. The fraction of sp³-hybridized carbons (Fsp3) is 0. The topological polar surface area (TPSA) is 3.88 Å². The van der Waals surface area contributed by atoms with Crippen LogP contribution in [0.4, 0.5) is 0 Å². The first-order chi connectivity index (χ1) is 9.33. The summed E-state index contributed by atoms with van der Waals surface area (Å²) in [7, 11) is 0. The first kappa shape index (κ1) is 12.1. The van der Waals surface area contributed by atoms with Gasteiger partial charge < -0.3 is 0 Å². The minimum Gasteiger partial charge on any atom is -0.167 e. The maximum Gasteiger partial charge on any atom is 0.210 e. The smallest absolute Gasteiger partial charge is 0.167 e. The van der Waals surface area contributed by atoms with E-state index in [1.54, 1.807) is 0 Å². The van der Waals surface area contributed by atoms with Crippen molar-refractivity contribution in [1.29, 1.82) is 0 Å². The molecule has 19 heavy (non-hydrogen) atoms. The van der Waals surface area contributed by atoms with E-state index in [1.807, 2.05) is 18.2 Å². The molecule has 2 heteroatoms. The van der Waals surface area contributed by atoms with Gasteiger partial charge in [0.1, 0.15) is 0 Å². The summed E-state index contributed by atoms with van der Waals surface area (Å²) >= 11 is 3.45. The van der Waals surface area contributed by atoms with Crippen LogP contribution >= 0.6 is 15.9 Å². The second-order valence-corrected chi connectivity index (χ2v) is 5.25. The molecule has 1 aromatic heterocycles. The van der Waals surface area contributed by atoms with Gasteiger partial charge in [0.15, 0.2) is 12.4 Å². The molecule has 92 valence electrons. The fourth-order valence-electron chi connectivity index (χ4n) is 2.03. The Morgan fingerprint density at radius 3 is 1.84 bits per heavy atom. The van der Waals surface area contributed by atoms with Crippen LogP contribution < -0.4 is 4.57 Å². The summed E-state index contributed by atoms with van der Waals surface area (Å²) in [6.07, 6.45) is 4.18. The summed E-state index contributed by atoms with van der Waals surface area (Å²) < 4.78 is 3.21. The molecule has 0 spiro atoms. The molecule has 0 saturated carbocycles. The second kappa shape index (κ2) is 5.37. The molecule has 0 N–H and O–H groups in total. The maximum absolute atomic E-state index is 3.45. The number of halogens is 1. The first-order valence-corrected chi connectivity index (χ1v) is 6.95. The monoisotopic (exact) mass is 310 g/mol. The zero-order valence-electron chi connectivity index (χ0n) is 10.3. The van der Waals surface area contributed by atoms with Gasteiger partial charge in [-0.2, -0.15) is 4.57 Å². The molecule has 1 heterocycles. The fourth-order valence-corrected chi connectivity index (χ4v) is 2.30. The molecule has 0 saturated heterocycles. The van der Waals surface area contributed by atoms with Gasteiger partial charge in [-0.1, -0.05) is 46.3 Å². The van der Waals surface area contributed by atoms with Crippen molar-refractivity contribution in [2.75, 3.05) is 0 Å². The van der Waals surface area contributed by atoms with Gasteiger partial charge in [-0.15, -0.1) is 0 Å². The zero-order chi connectivity index (χ0) is 13.1. The molecule has 2 aromatic carbocycles. The van der Waals surface area contributed by atoms with Crippen molar-refractivity contribution in [3.8, 4) is 16.8 Å². The molecule has 0 unspecified atom stereocenters. The number of hydrogen-bond donors (Lipinski definition) is 0. The predicted molar refractivity (Wildman–Crippen MR) is 81.1 cm³/mol. The van der Waals surface area contributed by atoms with Crippen LogP contribution in [0.25, 0.3) is 16.8 Å². The summed E-state index contributed by atoms with van der Waals surface area (Å²) in [5, 5.41) is 0. The first-order valence-electron chi connectivity index (χ1n) is 6.16. The standard InChI is InChI=1S/C17H13BrN/c18-16-6-8-17(9-7-16)19-12-10-15(11-13-19)14-4-2-1-3-5-14/h1-13H/q+1. The Hall–Kier alpha value is -1.93. The van der Waals surface area contributed by atoms with Gasteiger partial charge in [0.25, 0.3) is 0 Å². The van der Waals surface area contributed by atoms with E-state index in [-0.39, 0.29) is 0 Å². The molecule has 3 rings (SSSR count). The molecule has 1 nitrogen and oxygen atoms in total. The lowest BCUT2D eigenvalue weighted by atomic mass is 10.1.